The summed E-state index contributed by atoms with van der Waals surface area (Å²) in [6, 6.07) is 12.5. The first-order valence-electron chi connectivity index (χ1n) is 8.03. The van der Waals surface area contributed by atoms with Crippen LogP contribution in [0, 0.1) is 17.0 Å². The SMILES string of the molecule is COC(=O)c1c(C)n(C(=O)COc2ccc([N+](=O)[O-])cc2)c2ccccc12. The van der Waals surface area contributed by atoms with Crippen molar-refractivity contribution in [2.75, 3.05) is 13.7 Å². The standard InChI is InChI=1S/C19H16N2O6/c1-12-18(19(23)26-2)15-5-3-4-6-16(15)20(12)17(22)11-27-14-9-7-13(8-10-14)21(24)25/h3-10H,11H2,1-2H3. The molecule has 0 aliphatic heterocycles. The number of hydrogen-bond acceptors (Lipinski definition) is 6. The van der Waals surface area contributed by atoms with Gasteiger partial charge in [0, 0.05) is 23.2 Å². The number of benzene rings is 2. The van der Waals surface area contributed by atoms with Crippen LogP contribution in [0.3, 0.4) is 0 Å². The Hall–Kier alpha value is -3.68. The smallest absolute Gasteiger partial charge is 0.340 e. The Bertz CT molecular complexity index is 1040. The number of rotatable bonds is 5. The van der Waals surface area contributed by atoms with Gasteiger partial charge in [0.15, 0.2) is 6.61 Å². The third-order valence-electron chi connectivity index (χ3n) is 4.16. The second-order valence-electron chi connectivity index (χ2n) is 5.74. The van der Waals surface area contributed by atoms with E-state index in [0.29, 0.717) is 27.9 Å². The summed E-state index contributed by atoms with van der Waals surface area (Å²) in [5, 5.41) is 11.3. The minimum atomic E-state index is -0.522. The molecule has 0 radical (unpaired) electrons. The van der Waals surface area contributed by atoms with Gasteiger partial charge in [0.2, 0.25) is 0 Å². The van der Waals surface area contributed by atoms with Gasteiger partial charge in [-0.2, -0.15) is 0 Å². The first-order chi connectivity index (χ1) is 12.9. The number of carbonyl (C=O) groups excluding carboxylic acids is 2. The molecular formula is C19H16N2O6. The highest BCUT2D eigenvalue weighted by molar-refractivity contribution is 6.09. The molecule has 0 aliphatic carbocycles. The number of methoxy groups -OCH3 is 1. The van der Waals surface area contributed by atoms with Gasteiger partial charge in [0.25, 0.3) is 11.6 Å². The van der Waals surface area contributed by atoms with Crippen LogP contribution in [0.1, 0.15) is 20.8 Å². The molecule has 3 rings (SSSR count). The normalized spacial score (nSPS) is 10.6. The van der Waals surface area contributed by atoms with Gasteiger partial charge in [-0.1, -0.05) is 18.2 Å². The summed E-state index contributed by atoms with van der Waals surface area (Å²) >= 11 is 0. The fourth-order valence-corrected chi connectivity index (χ4v) is 2.92. The van der Waals surface area contributed by atoms with Crippen LogP contribution in [0.5, 0.6) is 5.75 Å². The van der Waals surface area contributed by atoms with Crippen LogP contribution < -0.4 is 4.74 Å². The van der Waals surface area contributed by atoms with Crippen molar-refractivity contribution in [1.82, 2.24) is 4.57 Å². The van der Waals surface area contributed by atoms with Crippen LogP contribution in [0.15, 0.2) is 48.5 Å². The lowest BCUT2D eigenvalue weighted by Crippen LogP contribution is -2.20. The molecule has 1 heterocycles. The summed E-state index contributed by atoms with van der Waals surface area (Å²) in [4.78, 5) is 35.0. The maximum Gasteiger partial charge on any atom is 0.340 e. The number of fused-ring (bicyclic) bond motifs is 1. The summed E-state index contributed by atoms with van der Waals surface area (Å²) < 4.78 is 11.7. The minimum Gasteiger partial charge on any atom is -0.484 e. The van der Waals surface area contributed by atoms with E-state index in [9.17, 15) is 19.7 Å². The minimum absolute atomic E-state index is 0.0661. The van der Waals surface area contributed by atoms with Gasteiger partial charge in [0.1, 0.15) is 5.75 Å². The number of carbonyl (C=O) groups is 2. The predicted octanol–water partition coefficient (Wildman–Crippen LogP) is 3.36. The predicted molar refractivity (Wildman–Crippen MR) is 97.2 cm³/mol. The highest BCUT2D eigenvalue weighted by Gasteiger charge is 2.23. The van der Waals surface area contributed by atoms with Crippen LogP contribution in [-0.4, -0.2) is 35.1 Å². The van der Waals surface area contributed by atoms with Crippen molar-refractivity contribution in [1.29, 1.82) is 0 Å². The van der Waals surface area contributed by atoms with Crippen molar-refractivity contribution in [3.05, 3.63) is 69.9 Å². The molecule has 0 spiro atoms. The van der Waals surface area contributed by atoms with Gasteiger partial charge in [-0.3, -0.25) is 19.5 Å². The monoisotopic (exact) mass is 368 g/mol. The molecule has 0 aliphatic rings. The Balaban J connectivity index is 1.88. The van der Waals surface area contributed by atoms with E-state index in [1.807, 2.05) is 0 Å². The fourth-order valence-electron chi connectivity index (χ4n) is 2.92. The maximum absolute atomic E-state index is 12.7. The number of nitro groups is 1. The van der Waals surface area contributed by atoms with Gasteiger partial charge in [-0.05, 0) is 25.1 Å². The third kappa shape index (κ3) is 3.37. The molecule has 0 saturated carbocycles. The average Bonchev–Trinajstić information content (AvgIpc) is 2.97. The molecule has 0 atom stereocenters. The molecule has 0 fully saturated rings. The number of nitro benzene ring substituents is 1. The van der Waals surface area contributed by atoms with E-state index >= 15 is 0 Å². The van der Waals surface area contributed by atoms with Crippen LogP contribution >= 0.6 is 0 Å². The molecule has 138 valence electrons. The molecule has 0 N–H and O–H groups in total. The Labute approximate surface area is 154 Å². The zero-order valence-electron chi connectivity index (χ0n) is 14.7. The third-order valence-corrected chi connectivity index (χ3v) is 4.16. The van der Waals surface area contributed by atoms with E-state index in [1.165, 1.54) is 35.9 Å². The summed E-state index contributed by atoms with van der Waals surface area (Å²) in [5.41, 5.74) is 1.30. The molecule has 0 bridgehead atoms. The second kappa shape index (κ2) is 7.28. The summed E-state index contributed by atoms with van der Waals surface area (Å²) in [6.07, 6.45) is 0. The molecule has 8 nitrogen and oxygen atoms in total. The topological polar surface area (TPSA) is 101 Å². The average molecular weight is 368 g/mol. The van der Waals surface area contributed by atoms with Crippen LogP contribution in [-0.2, 0) is 4.74 Å². The van der Waals surface area contributed by atoms with Gasteiger partial charge < -0.3 is 9.47 Å². The van der Waals surface area contributed by atoms with Crippen LogP contribution in [0.4, 0.5) is 5.69 Å². The Morgan fingerprint density at radius 1 is 1.11 bits per heavy atom. The molecule has 0 saturated heterocycles. The second-order valence-corrected chi connectivity index (χ2v) is 5.74. The summed E-state index contributed by atoms with van der Waals surface area (Å²) in [7, 11) is 1.29. The van der Waals surface area contributed by atoms with Gasteiger partial charge in [-0.25, -0.2) is 4.79 Å². The number of aromatic nitrogens is 1. The Morgan fingerprint density at radius 3 is 2.41 bits per heavy atom. The lowest BCUT2D eigenvalue weighted by atomic mass is 10.1. The van der Waals surface area contributed by atoms with E-state index in [2.05, 4.69) is 0 Å². The van der Waals surface area contributed by atoms with E-state index in [4.69, 9.17) is 9.47 Å². The largest absolute Gasteiger partial charge is 0.484 e. The number of hydrogen-bond donors (Lipinski definition) is 0. The number of ether oxygens (including phenoxy) is 2. The van der Waals surface area contributed by atoms with Crippen molar-refractivity contribution >= 4 is 28.5 Å². The number of esters is 1. The molecule has 1 aromatic heterocycles. The highest BCUT2D eigenvalue weighted by atomic mass is 16.6. The zero-order valence-corrected chi connectivity index (χ0v) is 14.7. The molecule has 2 aromatic carbocycles. The zero-order chi connectivity index (χ0) is 19.6. The summed E-state index contributed by atoms with van der Waals surface area (Å²) in [6.45, 7) is 1.37. The molecule has 0 unspecified atom stereocenters. The van der Waals surface area contributed by atoms with E-state index in [0.717, 1.165) is 0 Å². The van der Waals surface area contributed by atoms with Crippen LogP contribution in [0.25, 0.3) is 10.9 Å². The van der Waals surface area contributed by atoms with Gasteiger partial charge in [-0.15, -0.1) is 0 Å². The lowest BCUT2D eigenvalue weighted by Gasteiger charge is -2.09. The van der Waals surface area contributed by atoms with Crippen molar-refractivity contribution < 1.29 is 24.0 Å². The van der Waals surface area contributed by atoms with Crippen molar-refractivity contribution in [2.24, 2.45) is 0 Å². The quantitative estimate of drug-likeness (QED) is 0.389. The molecule has 27 heavy (non-hydrogen) atoms. The highest BCUT2D eigenvalue weighted by Crippen LogP contribution is 2.26. The maximum atomic E-state index is 12.7. The lowest BCUT2D eigenvalue weighted by molar-refractivity contribution is -0.384. The van der Waals surface area contributed by atoms with Gasteiger partial charge >= 0.3 is 5.97 Å². The van der Waals surface area contributed by atoms with Crippen LogP contribution in [0.2, 0.25) is 0 Å². The number of non-ortho nitro benzene ring substituents is 1. The van der Waals surface area contributed by atoms with E-state index < -0.39 is 10.9 Å². The summed E-state index contributed by atoms with van der Waals surface area (Å²) in [5.74, 6) is -0.569. The van der Waals surface area contributed by atoms with E-state index in [1.54, 1.807) is 31.2 Å². The van der Waals surface area contributed by atoms with Crippen molar-refractivity contribution in [3.8, 4) is 5.75 Å². The molecule has 0 amide bonds. The molecular weight excluding hydrogens is 352 g/mol. The number of para-hydroxylation sites is 1. The first kappa shape index (κ1) is 18.1. The number of nitrogens with zero attached hydrogens (tertiary/aromatic N) is 2. The van der Waals surface area contributed by atoms with Crippen molar-refractivity contribution in [2.45, 2.75) is 6.92 Å². The Morgan fingerprint density at radius 2 is 1.78 bits per heavy atom. The Kier molecular flexibility index (Phi) is 4.89. The molecule has 3 aromatic rings. The van der Waals surface area contributed by atoms with Gasteiger partial charge in [0.05, 0.1) is 23.1 Å². The fraction of sp³-hybridized carbons (Fsp3) is 0.158. The van der Waals surface area contributed by atoms with E-state index in [-0.39, 0.29) is 18.2 Å². The first-order valence-corrected chi connectivity index (χ1v) is 8.03. The van der Waals surface area contributed by atoms with Crippen molar-refractivity contribution in [3.63, 3.8) is 0 Å². The molecule has 8 heteroatoms.